The predicted octanol–water partition coefficient (Wildman–Crippen LogP) is 6.87. The van der Waals surface area contributed by atoms with Gasteiger partial charge in [-0.15, -0.1) is 0 Å². The number of hydrogen-bond donors (Lipinski definition) is 3. The van der Waals surface area contributed by atoms with Crippen molar-refractivity contribution in [2.45, 2.75) is 19.4 Å². The molecule has 0 saturated carbocycles. The Morgan fingerprint density at radius 3 is 2.30 bits per heavy atom. The van der Waals surface area contributed by atoms with Crippen molar-refractivity contribution in [3.05, 3.63) is 113 Å². The lowest BCUT2D eigenvalue weighted by Gasteiger charge is -2.18. The highest BCUT2D eigenvalue weighted by atomic mass is 19.1. The number of nitrogen functional groups attached to an aromatic ring is 1. The second kappa shape index (κ2) is 11.0. The van der Waals surface area contributed by atoms with Crippen LogP contribution in [0.4, 0.5) is 14.5 Å². The molecular formula is C32H27F2N3O3. The Labute approximate surface area is 229 Å². The van der Waals surface area contributed by atoms with Crippen LogP contribution in [0.5, 0.6) is 0 Å². The minimum Gasteiger partial charge on any atom is -0.455 e. The first kappa shape index (κ1) is 26.6. The summed E-state index contributed by atoms with van der Waals surface area (Å²) in [5, 5.41) is 6.00. The van der Waals surface area contributed by atoms with Gasteiger partial charge in [-0.1, -0.05) is 37.3 Å². The molecule has 6 nitrogen and oxygen atoms in total. The van der Waals surface area contributed by atoms with Crippen LogP contribution in [0.25, 0.3) is 33.4 Å². The number of hydrogen-bond acceptors (Lipinski definition) is 4. The number of carbonyl (C=O) groups excluding carboxylic acids is 2. The van der Waals surface area contributed by atoms with Gasteiger partial charge in [-0.25, -0.2) is 8.78 Å². The third kappa shape index (κ3) is 5.03. The number of halogens is 2. The van der Waals surface area contributed by atoms with Gasteiger partial charge in [0.25, 0.3) is 11.8 Å². The van der Waals surface area contributed by atoms with Crippen molar-refractivity contribution in [2.75, 3.05) is 12.8 Å². The van der Waals surface area contributed by atoms with E-state index >= 15 is 4.39 Å². The minimum absolute atomic E-state index is 0.104. The Kier molecular flexibility index (Phi) is 7.33. The van der Waals surface area contributed by atoms with Gasteiger partial charge in [0, 0.05) is 46.4 Å². The number of nitrogens with one attached hydrogen (secondary N) is 2. The van der Waals surface area contributed by atoms with E-state index in [-0.39, 0.29) is 40.1 Å². The largest absolute Gasteiger partial charge is 0.455 e. The first-order valence-electron chi connectivity index (χ1n) is 12.8. The molecule has 0 aliphatic carbocycles. The van der Waals surface area contributed by atoms with Crippen molar-refractivity contribution in [1.29, 1.82) is 0 Å². The molecule has 40 heavy (non-hydrogen) atoms. The first-order valence-corrected chi connectivity index (χ1v) is 12.8. The molecule has 1 aromatic heterocycles. The number of amides is 2. The maximum atomic E-state index is 15.2. The highest BCUT2D eigenvalue weighted by Gasteiger charge is 2.24. The monoisotopic (exact) mass is 539 g/mol. The number of rotatable bonds is 7. The Morgan fingerprint density at radius 2 is 1.62 bits per heavy atom. The molecule has 5 aromatic rings. The second-order valence-corrected chi connectivity index (χ2v) is 9.37. The van der Waals surface area contributed by atoms with Gasteiger partial charge in [-0.3, -0.25) is 9.59 Å². The van der Waals surface area contributed by atoms with Gasteiger partial charge in [0.2, 0.25) is 0 Å². The molecule has 8 heteroatoms. The summed E-state index contributed by atoms with van der Waals surface area (Å²) < 4.78 is 34.7. The zero-order valence-corrected chi connectivity index (χ0v) is 21.9. The molecule has 0 aliphatic rings. The molecule has 5 rings (SSSR count). The summed E-state index contributed by atoms with van der Waals surface area (Å²) in [5.41, 5.74) is 9.17. The van der Waals surface area contributed by atoms with Crippen LogP contribution in [-0.4, -0.2) is 18.9 Å². The lowest BCUT2D eigenvalue weighted by molar-refractivity contribution is 0.0933. The molecule has 0 bridgehead atoms. The molecule has 0 radical (unpaired) electrons. The maximum Gasteiger partial charge on any atom is 0.255 e. The van der Waals surface area contributed by atoms with Crippen LogP contribution >= 0.6 is 0 Å². The smallest absolute Gasteiger partial charge is 0.255 e. The molecule has 4 N–H and O–H groups in total. The normalized spacial score (nSPS) is 11.8. The van der Waals surface area contributed by atoms with E-state index in [1.165, 1.54) is 55.6 Å². The summed E-state index contributed by atoms with van der Waals surface area (Å²) in [5.74, 6) is -1.58. The van der Waals surface area contributed by atoms with Crippen molar-refractivity contribution in [3.63, 3.8) is 0 Å². The van der Waals surface area contributed by atoms with Crippen molar-refractivity contribution < 1.29 is 22.8 Å². The number of furan rings is 1. The topological polar surface area (TPSA) is 97.4 Å². The minimum atomic E-state index is -0.582. The van der Waals surface area contributed by atoms with E-state index in [0.29, 0.717) is 28.5 Å². The van der Waals surface area contributed by atoms with Crippen molar-refractivity contribution in [2.24, 2.45) is 0 Å². The van der Waals surface area contributed by atoms with Gasteiger partial charge in [0.15, 0.2) is 0 Å². The quantitative estimate of drug-likeness (QED) is 0.197. The molecular weight excluding hydrogens is 512 g/mol. The second-order valence-electron chi connectivity index (χ2n) is 9.37. The summed E-state index contributed by atoms with van der Waals surface area (Å²) in [4.78, 5) is 26.1. The van der Waals surface area contributed by atoms with E-state index < -0.39 is 17.5 Å². The summed E-state index contributed by atoms with van der Waals surface area (Å²) in [6, 6.07) is 22.1. The third-order valence-electron chi connectivity index (χ3n) is 6.85. The van der Waals surface area contributed by atoms with Gasteiger partial charge in [0.05, 0.1) is 11.6 Å². The van der Waals surface area contributed by atoms with E-state index in [0.717, 1.165) is 5.56 Å². The first-order chi connectivity index (χ1) is 19.3. The van der Waals surface area contributed by atoms with Gasteiger partial charge in [0.1, 0.15) is 23.0 Å². The maximum absolute atomic E-state index is 15.2. The fraction of sp³-hybridized carbons (Fsp3) is 0.125. The Balaban J connectivity index is 1.58. The van der Waals surface area contributed by atoms with Crippen molar-refractivity contribution >= 4 is 28.5 Å². The highest BCUT2D eigenvalue weighted by Crippen LogP contribution is 2.39. The van der Waals surface area contributed by atoms with Crippen LogP contribution in [0.1, 0.15) is 45.7 Å². The molecule has 0 fully saturated rings. The zero-order chi connectivity index (χ0) is 28.4. The van der Waals surface area contributed by atoms with Gasteiger partial charge >= 0.3 is 0 Å². The Bertz CT molecular complexity index is 1710. The summed E-state index contributed by atoms with van der Waals surface area (Å²) in [6.45, 7) is 1.97. The molecule has 1 heterocycles. The molecule has 1 unspecified atom stereocenters. The number of carbonyl (C=O) groups is 2. The average Bonchev–Trinajstić information content (AvgIpc) is 3.34. The molecule has 1 atom stereocenters. The highest BCUT2D eigenvalue weighted by molar-refractivity contribution is 6.12. The van der Waals surface area contributed by atoms with E-state index in [4.69, 9.17) is 10.2 Å². The van der Waals surface area contributed by atoms with Crippen LogP contribution in [0.15, 0.2) is 89.3 Å². The average molecular weight is 540 g/mol. The van der Waals surface area contributed by atoms with E-state index in [1.54, 1.807) is 6.07 Å². The van der Waals surface area contributed by atoms with Crippen LogP contribution in [0, 0.1) is 11.6 Å². The number of benzene rings is 4. The SMILES string of the molecule is CCC(NC(=O)c1ccc(F)c(-c2cc3c(C(=O)NC)c(-c4ccc(F)cc4)oc3cc2N)c1)c1ccccc1. The number of fused-ring (bicyclic) bond motifs is 1. The summed E-state index contributed by atoms with van der Waals surface area (Å²) >= 11 is 0. The van der Waals surface area contributed by atoms with Gasteiger partial charge in [-0.2, -0.15) is 0 Å². The molecule has 0 saturated heterocycles. The summed E-state index contributed by atoms with van der Waals surface area (Å²) in [7, 11) is 1.48. The van der Waals surface area contributed by atoms with Crippen molar-refractivity contribution in [3.8, 4) is 22.5 Å². The van der Waals surface area contributed by atoms with Crippen LogP contribution in [-0.2, 0) is 0 Å². The van der Waals surface area contributed by atoms with Crippen LogP contribution < -0.4 is 16.4 Å². The van der Waals surface area contributed by atoms with Crippen LogP contribution in [0.3, 0.4) is 0 Å². The molecule has 0 aliphatic heterocycles. The van der Waals surface area contributed by atoms with Crippen molar-refractivity contribution in [1.82, 2.24) is 10.6 Å². The lowest BCUT2D eigenvalue weighted by Crippen LogP contribution is -2.28. The molecule has 202 valence electrons. The Hall–Kier alpha value is -4.98. The van der Waals surface area contributed by atoms with E-state index in [2.05, 4.69) is 10.6 Å². The standard InChI is InChI=1S/C32H27F2N3O3/c1-3-27(18-7-5-4-6-8-18)37-31(38)20-11-14-25(34)22(15-20)23-16-24-28(17-26(23)35)40-30(29(24)32(39)36-2)19-9-12-21(33)13-10-19/h4-17,27H,3,35H2,1-2H3,(H,36,39)(H,37,38). The lowest BCUT2D eigenvalue weighted by atomic mass is 9.96. The summed E-state index contributed by atoms with van der Waals surface area (Å²) in [6.07, 6.45) is 0.673. The van der Waals surface area contributed by atoms with Crippen LogP contribution in [0.2, 0.25) is 0 Å². The fourth-order valence-corrected chi connectivity index (χ4v) is 4.77. The molecule has 0 spiro atoms. The number of nitrogens with two attached hydrogens (primary N) is 1. The molecule has 4 aromatic carbocycles. The van der Waals surface area contributed by atoms with E-state index in [9.17, 15) is 14.0 Å². The molecule has 2 amide bonds. The van der Waals surface area contributed by atoms with E-state index in [1.807, 2.05) is 37.3 Å². The number of anilines is 1. The Morgan fingerprint density at radius 1 is 0.900 bits per heavy atom. The van der Waals surface area contributed by atoms with Gasteiger partial charge in [-0.05, 0) is 60.5 Å². The van der Waals surface area contributed by atoms with Gasteiger partial charge < -0.3 is 20.8 Å². The zero-order valence-electron chi connectivity index (χ0n) is 21.9. The fourth-order valence-electron chi connectivity index (χ4n) is 4.77. The third-order valence-corrected chi connectivity index (χ3v) is 6.85. The predicted molar refractivity (Wildman–Crippen MR) is 152 cm³/mol.